The molecule has 1 aromatic rings. The van der Waals surface area contributed by atoms with E-state index in [-0.39, 0.29) is 18.8 Å². The minimum Gasteiger partial charge on any atom is -0.394 e. The first-order valence-electron chi connectivity index (χ1n) is 4.86. The third-order valence-electron chi connectivity index (χ3n) is 2.04. The standard InChI is InChI=1S/C10H14N2O4/c13-7-10(14)6-11-5-8-2-1-3-9(4-8)12(15)16/h1-4,10-11,13-14H,5-7H2. The molecular weight excluding hydrogens is 212 g/mol. The molecule has 0 saturated carbocycles. The van der Waals surface area contributed by atoms with Crippen molar-refractivity contribution in [1.82, 2.24) is 5.32 Å². The number of hydrogen-bond acceptors (Lipinski definition) is 5. The number of hydrogen-bond donors (Lipinski definition) is 3. The van der Waals surface area contributed by atoms with Gasteiger partial charge in [0.05, 0.1) is 17.6 Å². The highest BCUT2D eigenvalue weighted by Gasteiger charge is 2.06. The van der Waals surface area contributed by atoms with Crippen molar-refractivity contribution in [3.8, 4) is 0 Å². The summed E-state index contributed by atoms with van der Waals surface area (Å²) in [7, 11) is 0. The molecule has 1 unspecified atom stereocenters. The number of aliphatic hydroxyl groups is 2. The minimum atomic E-state index is -0.807. The molecular formula is C10H14N2O4. The molecule has 3 N–H and O–H groups in total. The van der Waals surface area contributed by atoms with Gasteiger partial charge in [0.2, 0.25) is 0 Å². The SMILES string of the molecule is O=[N+]([O-])c1cccc(CNCC(O)CO)c1. The van der Waals surface area contributed by atoms with Crippen molar-refractivity contribution in [2.24, 2.45) is 0 Å². The summed E-state index contributed by atoms with van der Waals surface area (Å²) in [5.41, 5.74) is 0.807. The van der Waals surface area contributed by atoms with E-state index in [1.54, 1.807) is 12.1 Å². The minimum absolute atomic E-state index is 0.0435. The Hall–Kier alpha value is -1.50. The summed E-state index contributed by atoms with van der Waals surface area (Å²) >= 11 is 0. The molecule has 0 heterocycles. The summed E-state index contributed by atoms with van der Waals surface area (Å²) in [6.07, 6.45) is -0.807. The van der Waals surface area contributed by atoms with Crippen molar-refractivity contribution in [2.45, 2.75) is 12.6 Å². The Balaban J connectivity index is 2.48. The summed E-state index contributed by atoms with van der Waals surface area (Å²) < 4.78 is 0. The molecule has 1 rings (SSSR count). The lowest BCUT2D eigenvalue weighted by Gasteiger charge is -2.08. The molecule has 88 valence electrons. The van der Waals surface area contributed by atoms with Crippen molar-refractivity contribution in [2.75, 3.05) is 13.2 Å². The third kappa shape index (κ3) is 3.93. The number of nitro benzene ring substituents is 1. The Bertz CT molecular complexity index is 356. The van der Waals surface area contributed by atoms with E-state index in [0.717, 1.165) is 5.56 Å². The van der Waals surface area contributed by atoms with Crippen LogP contribution in [-0.2, 0) is 6.54 Å². The molecule has 0 aliphatic carbocycles. The van der Waals surface area contributed by atoms with Crippen LogP contribution in [0.15, 0.2) is 24.3 Å². The van der Waals surface area contributed by atoms with Gasteiger partial charge in [0, 0.05) is 25.2 Å². The van der Waals surface area contributed by atoms with E-state index in [1.807, 2.05) is 0 Å². The van der Waals surface area contributed by atoms with E-state index in [2.05, 4.69) is 5.32 Å². The van der Waals surface area contributed by atoms with Gasteiger partial charge in [-0.1, -0.05) is 12.1 Å². The van der Waals surface area contributed by atoms with Crippen LogP contribution in [0.5, 0.6) is 0 Å². The molecule has 0 amide bonds. The van der Waals surface area contributed by atoms with Gasteiger partial charge in [-0.05, 0) is 5.56 Å². The summed E-state index contributed by atoms with van der Waals surface area (Å²) in [5.74, 6) is 0. The summed E-state index contributed by atoms with van der Waals surface area (Å²) in [6, 6.07) is 6.26. The van der Waals surface area contributed by atoms with E-state index in [1.165, 1.54) is 12.1 Å². The fourth-order valence-corrected chi connectivity index (χ4v) is 1.23. The zero-order chi connectivity index (χ0) is 12.0. The normalized spacial score (nSPS) is 12.4. The maximum absolute atomic E-state index is 10.5. The van der Waals surface area contributed by atoms with E-state index in [0.29, 0.717) is 6.54 Å². The van der Waals surface area contributed by atoms with Gasteiger partial charge in [0.15, 0.2) is 0 Å². The second kappa shape index (κ2) is 6.16. The molecule has 1 atom stereocenters. The number of nitrogens with one attached hydrogen (secondary N) is 1. The number of non-ortho nitro benzene ring substituents is 1. The second-order valence-corrected chi connectivity index (χ2v) is 3.39. The molecule has 0 radical (unpaired) electrons. The number of aliphatic hydroxyl groups excluding tert-OH is 2. The van der Waals surface area contributed by atoms with Crippen molar-refractivity contribution < 1.29 is 15.1 Å². The van der Waals surface area contributed by atoms with Gasteiger partial charge in [-0.2, -0.15) is 0 Å². The number of rotatable bonds is 6. The van der Waals surface area contributed by atoms with Gasteiger partial charge < -0.3 is 15.5 Å². The largest absolute Gasteiger partial charge is 0.394 e. The van der Waals surface area contributed by atoms with E-state index < -0.39 is 11.0 Å². The predicted octanol–water partition coefficient (Wildman–Crippen LogP) is 0.0376. The van der Waals surface area contributed by atoms with Crippen LogP contribution in [0.1, 0.15) is 5.56 Å². The van der Waals surface area contributed by atoms with Gasteiger partial charge >= 0.3 is 0 Å². The van der Waals surface area contributed by atoms with E-state index >= 15 is 0 Å². The second-order valence-electron chi connectivity index (χ2n) is 3.39. The fraction of sp³-hybridized carbons (Fsp3) is 0.400. The molecule has 0 aliphatic heterocycles. The Morgan fingerprint density at radius 3 is 2.88 bits per heavy atom. The average Bonchev–Trinajstić information content (AvgIpc) is 2.29. The van der Waals surface area contributed by atoms with Gasteiger partial charge in [-0.15, -0.1) is 0 Å². The lowest BCUT2D eigenvalue weighted by molar-refractivity contribution is -0.384. The Labute approximate surface area is 92.7 Å². The van der Waals surface area contributed by atoms with Gasteiger partial charge in [-0.3, -0.25) is 10.1 Å². The molecule has 0 fully saturated rings. The first-order chi connectivity index (χ1) is 7.63. The number of nitro groups is 1. The quantitative estimate of drug-likeness (QED) is 0.470. The molecule has 16 heavy (non-hydrogen) atoms. The molecule has 0 aliphatic rings. The zero-order valence-corrected chi connectivity index (χ0v) is 8.67. The maximum Gasteiger partial charge on any atom is 0.269 e. The van der Waals surface area contributed by atoms with E-state index in [9.17, 15) is 10.1 Å². The van der Waals surface area contributed by atoms with Crippen LogP contribution < -0.4 is 5.32 Å². The highest BCUT2D eigenvalue weighted by molar-refractivity contribution is 5.34. The predicted molar refractivity (Wildman–Crippen MR) is 57.9 cm³/mol. The van der Waals surface area contributed by atoms with Crippen LogP contribution >= 0.6 is 0 Å². The van der Waals surface area contributed by atoms with Crippen molar-refractivity contribution in [1.29, 1.82) is 0 Å². The molecule has 6 heteroatoms. The van der Waals surface area contributed by atoms with E-state index in [4.69, 9.17) is 10.2 Å². The lowest BCUT2D eigenvalue weighted by atomic mass is 10.2. The topological polar surface area (TPSA) is 95.6 Å². The molecule has 0 bridgehead atoms. The highest BCUT2D eigenvalue weighted by Crippen LogP contribution is 2.12. The van der Waals surface area contributed by atoms with Crippen LogP contribution in [0.3, 0.4) is 0 Å². The lowest BCUT2D eigenvalue weighted by Crippen LogP contribution is -2.28. The fourth-order valence-electron chi connectivity index (χ4n) is 1.23. The highest BCUT2D eigenvalue weighted by atomic mass is 16.6. The average molecular weight is 226 g/mol. The number of benzene rings is 1. The van der Waals surface area contributed by atoms with Crippen LogP contribution in [0.4, 0.5) is 5.69 Å². The summed E-state index contributed by atoms with van der Waals surface area (Å²) in [5, 5.41) is 31.0. The van der Waals surface area contributed by atoms with Crippen LogP contribution in [0.25, 0.3) is 0 Å². The van der Waals surface area contributed by atoms with Crippen LogP contribution in [-0.4, -0.2) is 34.4 Å². The third-order valence-corrected chi connectivity index (χ3v) is 2.04. The smallest absolute Gasteiger partial charge is 0.269 e. The Morgan fingerprint density at radius 1 is 1.50 bits per heavy atom. The molecule has 6 nitrogen and oxygen atoms in total. The molecule has 1 aromatic carbocycles. The first kappa shape index (κ1) is 12.6. The Morgan fingerprint density at radius 2 is 2.25 bits per heavy atom. The van der Waals surface area contributed by atoms with Crippen molar-refractivity contribution in [3.63, 3.8) is 0 Å². The van der Waals surface area contributed by atoms with Crippen LogP contribution in [0.2, 0.25) is 0 Å². The van der Waals surface area contributed by atoms with Gasteiger partial charge in [-0.25, -0.2) is 0 Å². The summed E-state index contributed by atoms with van der Waals surface area (Å²) in [4.78, 5) is 10.0. The first-order valence-corrected chi connectivity index (χ1v) is 4.86. The van der Waals surface area contributed by atoms with Gasteiger partial charge in [0.1, 0.15) is 0 Å². The Kier molecular flexibility index (Phi) is 4.84. The van der Waals surface area contributed by atoms with Gasteiger partial charge in [0.25, 0.3) is 5.69 Å². The monoisotopic (exact) mass is 226 g/mol. The van der Waals surface area contributed by atoms with Crippen molar-refractivity contribution in [3.05, 3.63) is 39.9 Å². The van der Waals surface area contributed by atoms with Crippen LogP contribution in [0, 0.1) is 10.1 Å². The molecule has 0 aromatic heterocycles. The molecule has 0 saturated heterocycles. The summed E-state index contributed by atoms with van der Waals surface area (Å²) in [6.45, 7) is 0.361. The zero-order valence-electron chi connectivity index (χ0n) is 8.67. The molecule has 0 spiro atoms. The van der Waals surface area contributed by atoms with Crippen molar-refractivity contribution >= 4 is 5.69 Å². The maximum atomic E-state index is 10.5. The number of nitrogens with zero attached hydrogens (tertiary/aromatic N) is 1.